The number of anilines is 1. The van der Waals surface area contributed by atoms with E-state index in [-0.39, 0.29) is 18.1 Å². The molecule has 1 atom stereocenters. The molecular formula is C28H20N2O6. The Morgan fingerprint density at radius 2 is 1.78 bits per heavy atom. The van der Waals surface area contributed by atoms with Crippen molar-refractivity contribution in [1.29, 1.82) is 0 Å². The quantitative estimate of drug-likeness (QED) is 0.255. The number of hydrogen-bond acceptors (Lipinski definition) is 6. The maximum atomic E-state index is 13.5. The summed E-state index contributed by atoms with van der Waals surface area (Å²) in [5, 5.41) is 12.3. The van der Waals surface area contributed by atoms with Crippen LogP contribution >= 0.6 is 0 Å². The lowest BCUT2D eigenvalue weighted by Gasteiger charge is -2.25. The first-order valence-corrected chi connectivity index (χ1v) is 11.6. The minimum absolute atomic E-state index is 0.0290. The molecule has 4 aromatic rings. The molecule has 1 fully saturated rings. The lowest BCUT2D eigenvalue weighted by molar-refractivity contribution is -0.132. The van der Waals surface area contributed by atoms with Gasteiger partial charge < -0.3 is 24.3 Å². The van der Waals surface area contributed by atoms with Crippen molar-refractivity contribution in [3.63, 3.8) is 0 Å². The third kappa shape index (κ3) is 2.94. The zero-order valence-corrected chi connectivity index (χ0v) is 19.0. The molecule has 1 amide bonds. The Labute approximate surface area is 205 Å². The number of para-hydroxylation sites is 1. The number of aromatic nitrogens is 1. The molecule has 1 unspecified atom stereocenters. The van der Waals surface area contributed by atoms with Gasteiger partial charge in [-0.3, -0.25) is 14.5 Å². The van der Waals surface area contributed by atoms with Crippen LogP contribution in [0.25, 0.3) is 16.7 Å². The van der Waals surface area contributed by atoms with Crippen LogP contribution in [0.3, 0.4) is 0 Å². The van der Waals surface area contributed by atoms with E-state index in [9.17, 15) is 14.7 Å². The minimum atomic E-state index is -0.856. The highest BCUT2D eigenvalue weighted by atomic mass is 16.7. The Kier molecular flexibility index (Phi) is 4.38. The Balaban J connectivity index is 1.45. The normalized spacial score (nSPS) is 19.7. The summed E-state index contributed by atoms with van der Waals surface area (Å²) in [7, 11) is 0. The molecule has 0 bridgehead atoms. The van der Waals surface area contributed by atoms with Crippen molar-refractivity contribution in [3.05, 3.63) is 89.1 Å². The summed E-state index contributed by atoms with van der Waals surface area (Å²) in [4.78, 5) is 31.7. The number of aliphatic hydroxyl groups is 1. The number of nitrogens with one attached hydrogen (secondary N) is 1. The van der Waals surface area contributed by atoms with Crippen molar-refractivity contribution in [2.75, 3.05) is 18.3 Å². The molecule has 8 heteroatoms. The Morgan fingerprint density at radius 3 is 2.69 bits per heavy atom. The molecule has 4 heterocycles. The molecule has 0 spiro atoms. The fraction of sp³-hybridized carbons (Fsp3) is 0.143. The van der Waals surface area contributed by atoms with E-state index in [1.165, 1.54) is 4.90 Å². The zero-order chi connectivity index (χ0) is 24.4. The number of carbonyl (C=O) groups is 2. The lowest BCUT2D eigenvalue weighted by Crippen LogP contribution is -2.29. The molecule has 2 N–H and O–H groups in total. The van der Waals surface area contributed by atoms with E-state index >= 15 is 0 Å². The van der Waals surface area contributed by atoms with Crippen LogP contribution in [0.1, 0.15) is 22.7 Å². The molecule has 7 rings (SSSR count). The maximum absolute atomic E-state index is 13.5. The summed E-state index contributed by atoms with van der Waals surface area (Å²) in [6.07, 6.45) is 2.50. The van der Waals surface area contributed by atoms with Gasteiger partial charge in [-0.2, -0.15) is 0 Å². The van der Waals surface area contributed by atoms with E-state index in [1.807, 2.05) is 30.3 Å². The first-order valence-electron chi connectivity index (χ1n) is 11.6. The molecular weight excluding hydrogens is 460 g/mol. The van der Waals surface area contributed by atoms with Gasteiger partial charge in [0.1, 0.15) is 11.5 Å². The van der Waals surface area contributed by atoms with E-state index in [4.69, 9.17) is 14.2 Å². The van der Waals surface area contributed by atoms with Crippen LogP contribution in [0.4, 0.5) is 5.69 Å². The number of H-pyrrole nitrogens is 1. The number of Topliss-reactive ketones (excluding diaryl/α,β-unsaturated/α-hetero) is 1. The first kappa shape index (κ1) is 20.6. The number of ketones is 1. The molecule has 3 aliphatic heterocycles. The number of aliphatic hydroxyl groups excluding tert-OH is 1. The van der Waals surface area contributed by atoms with E-state index in [2.05, 4.69) is 4.98 Å². The van der Waals surface area contributed by atoms with Crippen LogP contribution < -0.4 is 19.1 Å². The van der Waals surface area contributed by atoms with Crippen LogP contribution in [0.2, 0.25) is 0 Å². The number of carbonyl (C=O) groups excluding carboxylic acids is 2. The molecule has 1 saturated heterocycles. The molecule has 8 nitrogen and oxygen atoms in total. The molecule has 0 saturated carbocycles. The van der Waals surface area contributed by atoms with Crippen molar-refractivity contribution in [1.82, 2.24) is 4.98 Å². The number of fused-ring (bicyclic) bond motifs is 3. The van der Waals surface area contributed by atoms with Crippen molar-refractivity contribution in [2.45, 2.75) is 12.5 Å². The van der Waals surface area contributed by atoms with E-state index in [0.29, 0.717) is 41.3 Å². The molecule has 3 aliphatic rings. The van der Waals surface area contributed by atoms with Crippen molar-refractivity contribution >= 4 is 34.0 Å². The van der Waals surface area contributed by atoms with Gasteiger partial charge in [0.05, 0.1) is 18.2 Å². The van der Waals surface area contributed by atoms with Crippen LogP contribution in [-0.2, 0) is 16.0 Å². The number of rotatable bonds is 3. The topological polar surface area (TPSA) is 101 Å². The lowest BCUT2D eigenvalue weighted by atomic mass is 9.94. The van der Waals surface area contributed by atoms with Crippen LogP contribution in [0.5, 0.6) is 17.2 Å². The Morgan fingerprint density at radius 1 is 0.944 bits per heavy atom. The number of nitrogens with zero attached hydrogens (tertiary/aromatic N) is 1. The summed E-state index contributed by atoms with van der Waals surface area (Å²) in [6.45, 7) is 0.662. The highest BCUT2D eigenvalue weighted by Crippen LogP contribution is 2.46. The monoisotopic (exact) mass is 480 g/mol. The van der Waals surface area contributed by atoms with Gasteiger partial charge in [-0.25, -0.2) is 0 Å². The molecule has 36 heavy (non-hydrogen) atoms. The van der Waals surface area contributed by atoms with Gasteiger partial charge in [-0.05, 0) is 42.0 Å². The Bertz CT molecular complexity index is 1620. The second-order valence-corrected chi connectivity index (χ2v) is 8.92. The molecule has 3 aromatic carbocycles. The average molecular weight is 480 g/mol. The van der Waals surface area contributed by atoms with Crippen LogP contribution in [0.15, 0.2) is 72.4 Å². The van der Waals surface area contributed by atoms with Gasteiger partial charge >= 0.3 is 0 Å². The van der Waals surface area contributed by atoms with E-state index in [1.54, 1.807) is 36.5 Å². The van der Waals surface area contributed by atoms with Gasteiger partial charge in [0.25, 0.3) is 11.7 Å². The maximum Gasteiger partial charge on any atom is 0.300 e. The summed E-state index contributed by atoms with van der Waals surface area (Å²) < 4.78 is 16.5. The van der Waals surface area contributed by atoms with Gasteiger partial charge in [-0.15, -0.1) is 0 Å². The van der Waals surface area contributed by atoms with Crippen molar-refractivity contribution < 1.29 is 28.9 Å². The SMILES string of the molecule is O=C1C(=O)N(c2ccc3c(c2)OCO3)C(c2c[nH]c3ccccc23)/C1=C(\O)c1ccc2c(c1)CCO2. The number of ether oxygens (including phenoxy) is 3. The minimum Gasteiger partial charge on any atom is -0.507 e. The third-order valence-corrected chi connectivity index (χ3v) is 6.96. The predicted octanol–water partition coefficient (Wildman–Crippen LogP) is 4.46. The molecule has 178 valence electrons. The summed E-state index contributed by atoms with van der Waals surface area (Å²) in [5.41, 5.74) is 3.48. The number of aromatic amines is 1. The first-order chi connectivity index (χ1) is 17.6. The van der Waals surface area contributed by atoms with Crippen LogP contribution in [0, 0.1) is 0 Å². The van der Waals surface area contributed by atoms with Gasteiger partial charge in [0.2, 0.25) is 6.79 Å². The summed E-state index contributed by atoms with van der Waals surface area (Å²) in [6, 6.07) is 17.2. The van der Waals surface area contributed by atoms with Gasteiger partial charge in [0, 0.05) is 46.4 Å². The highest BCUT2D eigenvalue weighted by molar-refractivity contribution is 6.52. The fourth-order valence-corrected chi connectivity index (χ4v) is 5.24. The number of hydrogen-bond donors (Lipinski definition) is 2. The summed E-state index contributed by atoms with van der Waals surface area (Å²) >= 11 is 0. The van der Waals surface area contributed by atoms with E-state index in [0.717, 1.165) is 22.2 Å². The summed E-state index contributed by atoms with van der Waals surface area (Å²) in [5.74, 6) is 0.125. The van der Waals surface area contributed by atoms with Gasteiger partial charge in [-0.1, -0.05) is 18.2 Å². The van der Waals surface area contributed by atoms with Gasteiger partial charge in [0.15, 0.2) is 11.5 Å². The van der Waals surface area contributed by atoms with Crippen LogP contribution in [-0.4, -0.2) is 35.2 Å². The van der Waals surface area contributed by atoms with E-state index < -0.39 is 17.7 Å². The third-order valence-electron chi connectivity index (χ3n) is 6.96. The zero-order valence-electron chi connectivity index (χ0n) is 19.0. The standard InChI is InChI=1S/C28H20N2O6/c31-26(16-5-7-21-15(11-16)9-10-34-21)24-25(19-13-29-20-4-2-1-3-18(19)20)30(28(33)27(24)32)17-6-8-22-23(12-17)36-14-35-22/h1-8,11-13,25,29,31H,9-10,14H2/b26-24+. The fourth-order valence-electron chi connectivity index (χ4n) is 5.24. The smallest absolute Gasteiger partial charge is 0.300 e. The molecule has 0 aliphatic carbocycles. The molecule has 0 radical (unpaired) electrons. The molecule has 1 aromatic heterocycles. The van der Waals surface area contributed by atoms with Crippen molar-refractivity contribution in [2.24, 2.45) is 0 Å². The number of amides is 1. The highest BCUT2D eigenvalue weighted by Gasteiger charge is 2.48. The second kappa shape index (κ2) is 7.64. The second-order valence-electron chi connectivity index (χ2n) is 8.92. The largest absolute Gasteiger partial charge is 0.507 e. The number of benzene rings is 3. The Hall–Kier alpha value is -4.72. The predicted molar refractivity (Wildman–Crippen MR) is 131 cm³/mol. The van der Waals surface area contributed by atoms with Crippen molar-refractivity contribution in [3.8, 4) is 17.2 Å². The average Bonchev–Trinajstić information content (AvgIpc) is 3.69.